The number of carbonyl (C=O) groups excluding carboxylic acids is 1. The number of fused-ring (bicyclic) bond motifs is 1. The van der Waals surface area contributed by atoms with Gasteiger partial charge < -0.3 is 4.90 Å². The third-order valence-corrected chi connectivity index (χ3v) is 4.91. The lowest BCUT2D eigenvalue weighted by Gasteiger charge is -2.22. The van der Waals surface area contributed by atoms with Crippen molar-refractivity contribution in [3.05, 3.63) is 34.6 Å². The minimum absolute atomic E-state index is 0.0641. The van der Waals surface area contributed by atoms with Gasteiger partial charge in [-0.3, -0.25) is 14.2 Å². The molecule has 1 atom stereocenters. The van der Waals surface area contributed by atoms with Crippen LogP contribution < -0.4 is 5.56 Å². The number of rotatable bonds is 6. The highest BCUT2D eigenvalue weighted by Crippen LogP contribution is 2.25. The molecule has 0 N–H and O–H groups in total. The minimum Gasteiger partial charge on any atom is -0.344 e. The number of hydrogen-bond acceptors (Lipinski definition) is 5. The molecule has 0 saturated carbocycles. The SMILES string of the molecule is CC(C)n1c(S[C@H](C)C(=O)N(C)CCC#N)nc2ccccc2c1=O. The zero-order valence-corrected chi connectivity index (χ0v) is 15.7. The lowest BCUT2D eigenvalue weighted by Crippen LogP contribution is -2.34. The summed E-state index contributed by atoms with van der Waals surface area (Å²) in [4.78, 5) is 31.4. The molecule has 1 aromatic carbocycles. The third kappa shape index (κ3) is 4.20. The second-order valence-electron chi connectivity index (χ2n) is 6.11. The molecule has 1 amide bonds. The molecule has 0 spiro atoms. The van der Waals surface area contributed by atoms with E-state index in [1.807, 2.05) is 32.0 Å². The second kappa shape index (κ2) is 8.17. The number of amides is 1. The van der Waals surface area contributed by atoms with Gasteiger partial charge in [-0.05, 0) is 32.9 Å². The van der Waals surface area contributed by atoms with Gasteiger partial charge in [0.05, 0.1) is 28.6 Å². The molecule has 6 nitrogen and oxygen atoms in total. The summed E-state index contributed by atoms with van der Waals surface area (Å²) < 4.78 is 1.63. The predicted molar refractivity (Wildman–Crippen MR) is 99.6 cm³/mol. The van der Waals surface area contributed by atoms with E-state index in [2.05, 4.69) is 4.98 Å². The standard InChI is InChI=1S/C18H22N4O2S/c1-12(2)22-17(24)14-8-5-6-9-15(14)20-18(22)25-13(3)16(23)21(4)11-7-10-19/h5-6,8-9,12-13H,7,11H2,1-4H3/t13-/m1/s1. The van der Waals surface area contributed by atoms with Gasteiger partial charge in [0.1, 0.15) is 0 Å². The summed E-state index contributed by atoms with van der Waals surface area (Å²) in [5.74, 6) is -0.0852. The average molecular weight is 358 g/mol. The van der Waals surface area contributed by atoms with Crippen LogP contribution in [-0.4, -0.2) is 39.2 Å². The van der Waals surface area contributed by atoms with E-state index in [1.165, 1.54) is 11.8 Å². The molecule has 2 aromatic rings. The van der Waals surface area contributed by atoms with E-state index in [9.17, 15) is 9.59 Å². The van der Waals surface area contributed by atoms with Crippen LogP contribution in [0.4, 0.5) is 0 Å². The molecule has 0 aliphatic carbocycles. The van der Waals surface area contributed by atoms with E-state index >= 15 is 0 Å². The van der Waals surface area contributed by atoms with Gasteiger partial charge in [0.15, 0.2) is 5.16 Å². The number of nitrogens with zero attached hydrogens (tertiary/aromatic N) is 4. The fraction of sp³-hybridized carbons (Fsp3) is 0.444. The van der Waals surface area contributed by atoms with Crippen molar-refractivity contribution in [2.24, 2.45) is 0 Å². The van der Waals surface area contributed by atoms with Crippen molar-refractivity contribution in [2.45, 2.75) is 43.6 Å². The van der Waals surface area contributed by atoms with Crippen LogP contribution in [-0.2, 0) is 4.79 Å². The lowest BCUT2D eigenvalue weighted by atomic mass is 10.2. The summed E-state index contributed by atoms with van der Waals surface area (Å²) in [5.41, 5.74) is 0.532. The molecule has 0 unspecified atom stereocenters. The van der Waals surface area contributed by atoms with E-state index in [0.717, 1.165) is 0 Å². The number of hydrogen-bond donors (Lipinski definition) is 0. The number of thioether (sulfide) groups is 1. The quantitative estimate of drug-likeness (QED) is 0.586. The Labute approximate surface area is 151 Å². The van der Waals surface area contributed by atoms with Gasteiger partial charge >= 0.3 is 0 Å². The molecule has 0 aliphatic rings. The Bertz CT molecular complexity index is 869. The van der Waals surface area contributed by atoms with Crippen LogP contribution in [0.15, 0.2) is 34.2 Å². The van der Waals surface area contributed by atoms with Crippen LogP contribution in [0.5, 0.6) is 0 Å². The maximum atomic E-state index is 12.8. The van der Waals surface area contributed by atoms with Gasteiger partial charge in [0, 0.05) is 19.6 Å². The minimum atomic E-state index is -0.401. The molecule has 0 fully saturated rings. The Morgan fingerprint density at radius 1 is 1.36 bits per heavy atom. The van der Waals surface area contributed by atoms with Crippen molar-refractivity contribution in [3.63, 3.8) is 0 Å². The first kappa shape index (κ1) is 19.0. The summed E-state index contributed by atoms with van der Waals surface area (Å²) >= 11 is 1.28. The molecule has 25 heavy (non-hydrogen) atoms. The van der Waals surface area contributed by atoms with Crippen molar-refractivity contribution in [3.8, 4) is 6.07 Å². The fourth-order valence-electron chi connectivity index (χ4n) is 2.51. The molecule has 132 valence electrons. The molecule has 1 heterocycles. The van der Waals surface area contributed by atoms with Crippen LogP contribution in [0.3, 0.4) is 0 Å². The van der Waals surface area contributed by atoms with Crippen molar-refractivity contribution >= 4 is 28.6 Å². The van der Waals surface area contributed by atoms with Gasteiger partial charge in [-0.1, -0.05) is 23.9 Å². The van der Waals surface area contributed by atoms with Crippen LogP contribution >= 0.6 is 11.8 Å². The highest BCUT2D eigenvalue weighted by Gasteiger charge is 2.22. The van der Waals surface area contributed by atoms with E-state index in [0.29, 0.717) is 29.0 Å². The van der Waals surface area contributed by atoms with Crippen LogP contribution in [0.2, 0.25) is 0 Å². The number of benzene rings is 1. The third-order valence-electron chi connectivity index (χ3n) is 3.86. The smallest absolute Gasteiger partial charge is 0.262 e. The van der Waals surface area contributed by atoms with E-state index in [-0.39, 0.29) is 17.5 Å². The highest BCUT2D eigenvalue weighted by molar-refractivity contribution is 8.00. The number of aromatic nitrogens is 2. The molecular formula is C18H22N4O2S. The molecule has 0 saturated heterocycles. The van der Waals surface area contributed by atoms with Gasteiger partial charge in [0.25, 0.3) is 5.56 Å². The number of nitriles is 1. The van der Waals surface area contributed by atoms with Crippen molar-refractivity contribution in [2.75, 3.05) is 13.6 Å². The topological polar surface area (TPSA) is 79.0 Å². The van der Waals surface area contributed by atoms with Gasteiger partial charge in [-0.15, -0.1) is 0 Å². The maximum absolute atomic E-state index is 12.8. The van der Waals surface area contributed by atoms with E-state index < -0.39 is 5.25 Å². The van der Waals surface area contributed by atoms with Crippen LogP contribution in [0.1, 0.15) is 33.2 Å². The Morgan fingerprint density at radius 3 is 2.68 bits per heavy atom. The second-order valence-corrected chi connectivity index (χ2v) is 7.42. The van der Waals surface area contributed by atoms with Crippen molar-refractivity contribution in [1.29, 1.82) is 5.26 Å². The predicted octanol–water partition coefficient (Wildman–Crippen LogP) is 2.83. The Kier molecular flexibility index (Phi) is 6.21. The normalized spacial score (nSPS) is 12.2. The maximum Gasteiger partial charge on any atom is 0.262 e. The summed E-state index contributed by atoms with van der Waals surface area (Å²) in [7, 11) is 1.68. The zero-order valence-electron chi connectivity index (χ0n) is 14.9. The first-order valence-corrected chi connectivity index (χ1v) is 9.04. The van der Waals surface area contributed by atoms with Crippen LogP contribution in [0.25, 0.3) is 10.9 Å². The fourth-order valence-corrected chi connectivity index (χ4v) is 3.67. The highest BCUT2D eigenvalue weighted by atomic mass is 32.2. The van der Waals surface area contributed by atoms with Crippen LogP contribution in [0, 0.1) is 11.3 Å². The van der Waals surface area contributed by atoms with Gasteiger partial charge in [-0.2, -0.15) is 5.26 Å². The largest absolute Gasteiger partial charge is 0.344 e. The zero-order chi connectivity index (χ0) is 18.6. The Balaban J connectivity index is 2.37. The first-order valence-electron chi connectivity index (χ1n) is 8.16. The summed E-state index contributed by atoms with van der Waals surface area (Å²) in [6.07, 6.45) is 0.296. The molecule has 1 aromatic heterocycles. The molecule has 2 rings (SSSR count). The molecule has 0 radical (unpaired) electrons. The van der Waals surface area contributed by atoms with E-state index in [4.69, 9.17) is 5.26 Å². The molecular weight excluding hydrogens is 336 g/mol. The number of para-hydroxylation sites is 1. The van der Waals surface area contributed by atoms with Crippen molar-refractivity contribution in [1.82, 2.24) is 14.5 Å². The monoisotopic (exact) mass is 358 g/mol. The number of carbonyl (C=O) groups is 1. The molecule has 7 heteroatoms. The van der Waals surface area contributed by atoms with Gasteiger partial charge in [0.2, 0.25) is 5.91 Å². The average Bonchev–Trinajstić information content (AvgIpc) is 2.58. The van der Waals surface area contributed by atoms with Gasteiger partial charge in [-0.25, -0.2) is 4.98 Å². The summed E-state index contributed by atoms with van der Waals surface area (Å²) in [6.45, 7) is 6.03. The summed E-state index contributed by atoms with van der Waals surface area (Å²) in [5, 5.41) is 9.37. The first-order chi connectivity index (χ1) is 11.9. The summed E-state index contributed by atoms with van der Waals surface area (Å²) in [6, 6.07) is 9.20. The molecule has 0 bridgehead atoms. The Hall–Kier alpha value is -2.33. The van der Waals surface area contributed by atoms with E-state index in [1.54, 1.807) is 35.6 Å². The lowest BCUT2D eigenvalue weighted by molar-refractivity contribution is -0.128. The molecule has 0 aliphatic heterocycles. The van der Waals surface area contributed by atoms with Crippen molar-refractivity contribution < 1.29 is 4.79 Å². The Morgan fingerprint density at radius 2 is 2.04 bits per heavy atom.